The minimum Gasteiger partial charge on any atom is -0.496 e. The first-order valence-corrected chi connectivity index (χ1v) is 13.1. The van der Waals surface area contributed by atoms with E-state index in [1.54, 1.807) is 13.0 Å². The number of methoxy groups -OCH3 is 1. The van der Waals surface area contributed by atoms with E-state index in [1.807, 2.05) is 19.1 Å². The lowest BCUT2D eigenvalue weighted by Crippen LogP contribution is -2.20. The molecule has 0 saturated heterocycles. The number of benzene rings is 3. The van der Waals surface area contributed by atoms with Gasteiger partial charge in [-0.15, -0.1) is 0 Å². The molecule has 0 unspecified atom stereocenters. The van der Waals surface area contributed by atoms with Crippen LogP contribution in [0.4, 0.5) is 11.4 Å². The number of carbonyl (C=O) groups is 1. The van der Waals surface area contributed by atoms with E-state index >= 15 is 0 Å². The third kappa shape index (κ3) is 5.49. The minimum absolute atomic E-state index is 0.0253. The van der Waals surface area contributed by atoms with Crippen LogP contribution in [0.5, 0.6) is 5.75 Å². The van der Waals surface area contributed by atoms with Crippen LogP contribution < -0.4 is 19.5 Å². The number of ether oxygens (including phenoxy) is 1. The first-order chi connectivity index (χ1) is 16.0. The molecule has 0 heterocycles. The van der Waals surface area contributed by atoms with Crippen LogP contribution in [0.2, 0.25) is 0 Å². The zero-order valence-electron chi connectivity index (χ0n) is 19.0. The Hall–Kier alpha value is -3.57. The van der Waals surface area contributed by atoms with Gasteiger partial charge in [0.25, 0.3) is 26.0 Å². The first-order valence-electron chi connectivity index (χ1n) is 10.1. The van der Waals surface area contributed by atoms with Gasteiger partial charge in [0.05, 0.1) is 28.2 Å². The van der Waals surface area contributed by atoms with Crippen LogP contribution in [0, 0.1) is 13.8 Å². The van der Waals surface area contributed by atoms with Crippen molar-refractivity contribution >= 4 is 37.3 Å². The van der Waals surface area contributed by atoms with Gasteiger partial charge in [0.15, 0.2) is 0 Å². The Kier molecular flexibility index (Phi) is 7.18. The lowest BCUT2D eigenvalue weighted by Gasteiger charge is -2.13. The fourth-order valence-electron chi connectivity index (χ4n) is 3.13. The second-order valence-corrected chi connectivity index (χ2v) is 10.9. The van der Waals surface area contributed by atoms with E-state index in [0.717, 1.165) is 11.1 Å². The van der Waals surface area contributed by atoms with Gasteiger partial charge in [0.1, 0.15) is 5.75 Å². The molecule has 0 aliphatic heterocycles. The summed E-state index contributed by atoms with van der Waals surface area (Å²) in [5.74, 6) is -0.274. The van der Waals surface area contributed by atoms with Gasteiger partial charge in [0.2, 0.25) is 0 Å². The monoisotopic (exact) mass is 503 g/mol. The van der Waals surface area contributed by atoms with Crippen molar-refractivity contribution < 1.29 is 26.4 Å². The summed E-state index contributed by atoms with van der Waals surface area (Å²) >= 11 is 0. The van der Waals surface area contributed by atoms with Crippen molar-refractivity contribution in [3.05, 3.63) is 77.4 Å². The molecule has 0 saturated carbocycles. The van der Waals surface area contributed by atoms with Crippen molar-refractivity contribution in [1.82, 2.24) is 5.32 Å². The summed E-state index contributed by atoms with van der Waals surface area (Å²) < 4.78 is 61.3. The molecule has 3 aromatic rings. The Bertz CT molecular complexity index is 1430. The van der Waals surface area contributed by atoms with Gasteiger partial charge in [-0.05, 0) is 73.5 Å². The average Bonchev–Trinajstić information content (AvgIpc) is 2.80. The molecular weight excluding hydrogens is 478 g/mol. The SMILES string of the molecule is CNC(=O)c1cc(S(=O)(=O)Nc2ccc(S(=O)(=O)Nc3cc(C)ccc3C)cc2)ccc1OC. The summed E-state index contributed by atoms with van der Waals surface area (Å²) in [6.07, 6.45) is 0. The average molecular weight is 504 g/mol. The zero-order valence-corrected chi connectivity index (χ0v) is 20.7. The van der Waals surface area contributed by atoms with Crippen molar-refractivity contribution in [2.75, 3.05) is 23.6 Å². The number of aryl methyl sites for hydroxylation is 2. The smallest absolute Gasteiger partial charge is 0.261 e. The second-order valence-electron chi connectivity index (χ2n) is 7.49. The second kappa shape index (κ2) is 9.74. The maximum Gasteiger partial charge on any atom is 0.261 e. The molecule has 0 aromatic heterocycles. The molecule has 0 atom stereocenters. The molecule has 0 spiro atoms. The molecule has 180 valence electrons. The van der Waals surface area contributed by atoms with Crippen molar-refractivity contribution in [3.63, 3.8) is 0 Å². The van der Waals surface area contributed by atoms with Crippen molar-refractivity contribution in [3.8, 4) is 5.75 Å². The first kappa shape index (κ1) is 25.1. The van der Waals surface area contributed by atoms with Crippen molar-refractivity contribution in [2.45, 2.75) is 23.6 Å². The largest absolute Gasteiger partial charge is 0.496 e. The fraction of sp³-hybridized carbons (Fsp3) is 0.174. The van der Waals surface area contributed by atoms with E-state index in [0.29, 0.717) is 5.69 Å². The normalized spacial score (nSPS) is 11.5. The molecule has 3 N–H and O–H groups in total. The Morgan fingerprint density at radius 1 is 0.794 bits per heavy atom. The van der Waals surface area contributed by atoms with Gasteiger partial charge in [-0.1, -0.05) is 12.1 Å². The highest BCUT2D eigenvalue weighted by atomic mass is 32.2. The van der Waals surface area contributed by atoms with E-state index in [4.69, 9.17) is 4.74 Å². The van der Waals surface area contributed by atoms with Gasteiger partial charge < -0.3 is 10.1 Å². The quantitative estimate of drug-likeness (QED) is 0.432. The molecule has 9 nitrogen and oxygen atoms in total. The molecule has 0 bridgehead atoms. The van der Waals surface area contributed by atoms with E-state index in [9.17, 15) is 21.6 Å². The highest BCUT2D eigenvalue weighted by molar-refractivity contribution is 7.93. The molecule has 3 rings (SSSR count). The Balaban J connectivity index is 1.84. The number of anilines is 2. The summed E-state index contributed by atoms with van der Waals surface area (Å²) in [5.41, 5.74) is 2.37. The summed E-state index contributed by atoms with van der Waals surface area (Å²) in [5, 5.41) is 2.43. The molecule has 0 aliphatic rings. The molecule has 0 radical (unpaired) electrons. The molecule has 1 amide bonds. The van der Waals surface area contributed by atoms with Gasteiger partial charge in [-0.2, -0.15) is 0 Å². The third-order valence-electron chi connectivity index (χ3n) is 5.01. The number of carbonyl (C=O) groups excluding carboxylic acids is 1. The lowest BCUT2D eigenvalue weighted by atomic mass is 10.1. The number of hydrogen-bond acceptors (Lipinski definition) is 6. The minimum atomic E-state index is -4.06. The van der Waals surface area contributed by atoms with Crippen LogP contribution in [-0.2, 0) is 20.0 Å². The number of hydrogen-bond donors (Lipinski definition) is 3. The van der Waals surface area contributed by atoms with Gasteiger partial charge in [0, 0.05) is 12.7 Å². The Labute approximate surface area is 199 Å². The molecular formula is C23H25N3O6S2. The van der Waals surface area contributed by atoms with Gasteiger partial charge in [-0.25, -0.2) is 16.8 Å². The van der Waals surface area contributed by atoms with E-state index in [2.05, 4.69) is 14.8 Å². The maximum atomic E-state index is 12.8. The van der Waals surface area contributed by atoms with Gasteiger partial charge in [-0.3, -0.25) is 14.2 Å². The Morgan fingerprint density at radius 3 is 2.03 bits per heavy atom. The van der Waals surface area contributed by atoms with Crippen molar-refractivity contribution in [2.24, 2.45) is 0 Å². The zero-order chi connectivity index (χ0) is 25.1. The van der Waals surface area contributed by atoms with Crippen LogP contribution in [0.3, 0.4) is 0 Å². The number of sulfonamides is 2. The lowest BCUT2D eigenvalue weighted by molar-refractivity contribution is 0.0960. The topological polar surface area (TPSA) is 131 Å². The predicted octanol–water partition coefficient (Wildman–Crippen LogP) is 3.27. The molecule has 0 aliphatic carbocycles. The summed E-state index contributed by atoms with van der Waals surface area (Å²) in [6, 6.07) is 14.6. The molecule has 0 fully saturated rings. The summed E-state index contributed by atoms with van der Waals surface area (Å²) in [7, 11) is -5.14. The number of rotatable bonds is 8. The highest BCUT2D eigenvalue weighted by Gasteiger charge is 2.20. The van der Waals surface area contributed by atoms with Crippen LogP contribution in [-0.4, -0.2) is 36.9 Å². The standard InChI is InChI=1S/C23H25N3O6S2/c1-15-5-6-16(2)21(13-15)26-33(28,29)18-9-7-17(8-10-18)25-34(30,31)19-11-12-22(32-4)20(14-19)23(27)24-3/h5-14,25-26H,1-4H3,(H,24,27). The van der Waals surface area contributed by atoms with Crippen LogP contribution in [0.1, 0.15) is 21.5 Å². The van der Waals surface area contributed by atoms with E-state index in [-0.39, 0.29) is 26.8 Å². The third-order valence-corrected chi connectivity index (χ3v) is 7.77. The number of amides is 1. The van der Waals surface area contributed by atoms with E-state index < -0.39 is 26.0 Å². The van der Waals surface area contributed by atoms with Crippen LogP contribution >= 0.6 is 0 Å². The summed E-state index contributed by atoms with van der Waals surface area (Å²) in [4.78, 5) is 11.9. The predicted molar refractivity (Wildman–Crippen MR) is 130 cm³/mol. The maximum absolute atomic E-state index is 12.8. The van der Waals surface area contributed by atoms with Crippen molar-refractivity contribution in [1.29, 1.82) is 0 Å². The van der Waals surface area contributed by atoms with Gasteiger partial charge >= 0.3 is 0 Å². The summed E-state index contributed by atoms with van der Waals surface area (Å²) in [6.45, 7) is 3.66. The molecule has 3 aromatic carbocycles. The molecule has 11 heteroatoms. The fourth-order valence-corrected chi connectivity index (χ4v) is 5.34. The number of nitrogens with one attached hydrogen (secondary N) is 3. The van der Waals surface area contributed by atoms with E-state index in [1.165, 1.54) is 56.6 Å². The van der Waals surface area contributed by atoms with Crippen LogP contribution in [0.25, 0.3) is 0 Å². The Morgan fingerprint density at radius 2 is 1.41 bits per heavy atom. The van der Waals surface area contributed by atoms with Crippen LogP contribution in [0.15, 0.2) is 70.5 Å². The molecule has 34 heavy (non-hydrogen) atoms. The highest BCUT2D eigenvalue weighted by Crippen LogP contribution is 2.26.